The number of nitro benzene ring substituents is 1. The molecule has 0 unspecified atom stereocenters. The van der Waals surface area contributed by atoms with Crippen LogP contribution in [0.1, 0.15) is 13.8 Å². The fraction of sp³-hybridized carbons (Fsp3) is 0.364. The number of nitro groups is 1. The molecule has 1 amide bonds. The lowest BCUT2D eigenvalue weighted by Gasteiger charge is -2.21. The molecular weight excluding hydrogens is 238 g/mol. The fourth-order valence-electron chi connectivity index (χ4n) is 1.27. The van der Waals surface area contributed by atoms with Crippen molar-refractivity contribution < 1.29 is 14.5 Å². The molecule has 0 saturated heterocycles. The zero-order valence-electron chi connectivity index (χ0n) is 10.3. The van der Waals surface area contributed by atoms with Crippen LogP contribution in [0.5, 0.6) is 0 Å². The number of hydrazine groups is 1. The molecule has 0 atom stereocenters. The number of hydrogen-bond donors (Lipinski definition) is 1. The number of anilines is 1. The molecular formula is C11H15N3O4. The van der Waals surface area contributed by atoms with Crippen molar-refractivity contribution in [1.29, 1.82) is 0 Å². The maximum Gasteiger partial charge on any atom is 0.428 e. The van der Waals surface area contributed by atoms with Gasteiger partial charge in [-0.1, -0.05) is 0 Å². The van der Waals surface area contributed by atoms with Crippen molar-refractivity contribution in [1.82, 2.24) is 5.01 Å². The van der Waals surface area contributed by atoms with Crippen LogP contribution < -0.4 is 5.43 Å². The summed E-state index contributed by atoms with van der Waals surface area (Å²) in [6, 6.07) is 5.78. The van der Waals surface area contributed by atoms with Crippen LogP contribution in [0.4, 0.5) is 16.2 Å². The van der Waals surface area contributed by atoms with Crippen LogP contribution in [-0.2, 0) is 4.74 Å². The Morgan fingerprint density at radius 3 is 2.44 bits per heavy atom. The van der Waals surface area contributed by atoms with Gasteiger partial charge in [0.15, 0.2) is 0 Å². The van der Waals surface area contributed by atoms with Crippen LogP contribution in [0.25, 0.3) is 0 Å². The molecule has 1 aromatic rings. The number of ether oxygens (including phenoxy) is 1. The zero-order valence-corrected chi connectivity index (χ0v) is 10.3. The minimum atomic E-state index is -0.488. The maximum atomic E-state index is 11.5. The zero-order chi connectivity index (χ0) is 13.5. The molecule has 7 nitrogen and oxygen atoms in total. The summed E-state index contributed by atoms with van der Waals surface area (Å²) in [4.78, 5) is 21.5. The fourth-order valence-corrected chi connectivity index (χ4v) is 1.27. The van der Waals surface area contributed by atoms with Crippen molar-refractivity contribution in [3.8, 4) is 0 Å². The van der Waals surface area contributed by atoms with Crippen LogP contribution in [0.3, 0.4) is 0 Å². The molecule has 7 heteroatoms. The number of nitrogens with zero attached hydrogens (tertiary/aromatic N) is 2. The first-order valence-electron chi connectivity index (χ1n) is 5.53. The van der Waals surface area contributed by atoms with Gasteiger partial charge in [-0.25, -0.2) is 9.80 Å². The van der Waals surface area contributed by atoms with Crippen molar-refractivity contribution in [3.05, 3.63) is 34.4 Å². The molecule has 18 heavy (non-hydrogen) atoms. The van der Waals surface area contributed by atoms with Gasteiger partial charge in [-0.05, 0) is 26.0 Å². The van der Waals surface area contributed by atoms with Crippen LogP contribution in [0.2, 0.25) is 0 Å². The van der Waals surface area contributed by atoms with E-state index in [2.05, 4.69) is 5.43 Å². The van der Waals surface area contributed by atoms with Gasteiger partial charge < -0.3 is 4.74 Å². The van der Waals surface area contributed by atoms with Crippen LogP contribution in [-0.4, -0.2) is 29.2 Å². The Labute approximate surface area is 104 Å². The van der Waals surface area contributed by atoms with Crippen LogP contribution in [0, 0.1) is 10.1 Å². The van der Waals surface area contributed by atoms with E-state index in [1.807, 2.05) is 0 Å². The van der Waals surface area contributed by atoms with E-state index < -0.39 is 11.0 Å². The van der Waals surface area contributed by atoms with E-state index in [-0.39, 0.29) is 12.3 Å². The summed E-state index contributed by atoms with van der Waals surface area (Å²) in [7, 11) is 0. The van der Waals surface area contributed by atoms with Gasteiger partial charge in [0.1, 0.15) is 0 Å². The van der Waals surface area contributed by atoms with E-state index >= 15 is 0 Å². The summed E-state index contributed by atoms with van der Waals surface area (Å²) in [5.74, 6) is 0. The van der Waals surface area contributed by atoms with Gasteiger partial charge in [0, 0.05) is 18.7 Å². The van der Waals surface area contributed by atoms with Gasteiger partial charge in [-0.3, -0.25) is 15.5 Å². The molecule has 0 radical (unpaired) electrons. The van der Waals surface area contributed by atoms with E-state index in [0.717, 1.165) is 0 Å². The third-order valence-corrected chi connectivity index (χ3v) is 2.15. The van der Waals surface area contributed by atoms with Crippen LogP contribution in [0.15, 0.2) is 24.3 Å². The smallest absolute Gasteiger partial charge is 0.428 e. The Balaban J connectivity index is 2.70. The Kier molecular flexibility index (Phi) is 4.91. The second kappa shape index (κ2) is 6.43. The first-order valence-corrected chi connectivity index (χ1v) is 5.53. The van der Waals surface area contributed by atoms with E-state index in [0.29, 0.717) is 12.2 Å². The second-order valence-electron chi connectivity index (χ2n) is 3.36. The predicted molar refractivity (Wildman–Crippen MR) is 66.1 cm³/mol. The molecule has 0 aliphatic rings. The van der Waals surface area contributed by atoms with Gasteiger partial charge in [0.25, 0.3) is 5.69 Å². The van der Waals surface area contributed by atoms with E-state index in [1.54, 1.807) is 13.8 Å². The summed E-state index contributed by atoms with van der Waals surface area (Å²) in [5, 5.41) is 11.8. The molecule has 98 valence electrons. The maximum absolute atomic E-state index is 11.5. The van der Waals surface area contributed by atoms with E-state index in [4.69, 9.17) is 4.74 Å². The second-order valence-corrected chi connectivity index (χ2v) is 3.36. The average molecular weight is 253 g/mol. The monoisotopic (exact) mass is 253 g/mol. The highest BCUT2D eigenvalue weighted by Crippen LogP contribution is 2.16. The molecule has 0 aliphatic carbocycles. The number of rotatable bonds is 5. The summed E-state index contributed by atoms with van der Waals surface area (Å²) in [6.45, 7) is 4.21. The Bertz CT molecular complexity index is 419. The molecule has 0 bridgehead atoms. The standard InChI is InChI=1S/C11H15N3O4/c1-3-13(11(15)18-4-2)12-9-5-7-10(8-6-9)14(16)17/h5-8,12H,3-4H2,1-2H3. The number of carbonyl (C=O) groups is 1. The van der Waals surface area contributed by atoms with Gasteiger partial charge in [-0.2, -0.15) is 0 Å². The lowest BCUT2D eigenvalue weighted by molar-refractivity contribution is -0.384. The normalized spacial score (nSPS) is 9.67. The molecule has 0 aliphatic heterocycles. The molecule has 0 aromatic heterocycles. The van der Waals surface area contributed by atoms with Gasteiger partial charge in [-0.15, -0.1) is 0 Å². The third kappa shape index (κ3) is 3.62. The van der Waals surface area contributed by atoms with Crippen molar-refractivity contribution in [2.75, 3.05) is 18.6 Å². The number of nitrogens with one attached hydrogen (secondary N) is 1. The SMILES string of the molecule is CCOC(=O)N(CC)Nc1ccc([N+](=O)[O-])cc1. The predicted octanol–water partition coefficient (Wildman–Crippen LogP) is 2.40. The molecule has 1 rings (SSSR count). The molecule has 0 saturated carbocycles. The Morgan fingerprint density at radius 1 is 1.39 bits per heavy atom. The Hall–Kier alpha value is -2.31. The molecule has 0 spiro atoms. The quantitative estimate of drug-likeness (QED) is 0.643. The molecule has 1 aromatic carbocycles. The van der Waals surface area contributed by atoms with E-state index in [9.17, 15) is 14.9 Å². The minimum absolute atomic E-state index is 0.000247. The summed E-state index contributed by atoms with van der Waals surface area (Å²) >= 11 is 0. The van der Waals surface area contributed by atoms with Gasteiger partial charge in [0.2, 0.25) is 0 Å². The largest absolute Gasteiger partial charge is 0.448 e. The lowest BCUT2D eigenvalue weighted by Crippen LogP contribution is -2.36. The summed E-state index contributed by atoms with van der Waals surface area (Å²) < 4.78 is 4.85. The van der Waals surface area contributed by atoms with Crippen molar-refractivity contribution in [3.63, 3.8) is 0 Å². The molecule has 0 heterocycles. The van der Waals surface area contributed by atoms with E-state index in [1.165, 1.54) is 29.3 Å². The number of hydrogen-bond acceptors (Lipinski definition) is 5. The van der Waals surface area contributed by atoms with Crippen molar-refractivity contribution in [2.45, 2.75) is 13.8 Å². The first kappa shape index (κ1) is 13.8. The number of carbonyl (C=O) groups excluding carboxylic acids is 1. The van der Waals surface area contributed by atoms with Crippen LogP contribution >= 0.6 is 0 Å². The van der Waals surface area contributed by atoms with Gasteiger partial charge in [0.05, 0.1) is 17.2 Å². The van der Waals surface area contributed by atoms with Crippen molar-refractivity contribution in [2.24, 2.45) is 0 Å². The average Bonchev–Trinajstić information content (AvgIpc) is 2.36. The Morgan fingerprint density at radius 2 is 2.00 bits per heavy atom. The highest BCUT2D eigenvalue weighted by Gasteiger charge is 2.12. The first-order chi connectivity index (χ1) is 8.58. The number of amides is 1. The third-order valence-electron chi connectivity index (χ3n) is 2.15. The summed E-state index contributed by atoms with van der Waals surface area (Å²) in [5.41, 5.74) is 3.39. The highest BCUT2D eigenvalue weighted by molar-refractivity contribution is 5.69. The van der Waals surface area contributed by atoms with Gasteiger partial charge >= 0.3 is 6.09 Å². The number of non-ortho nitro benzene ring substituents is 1. The van der Waals surface area contributed by atoms with Crippen molar-refractivity contribution >= 4 is 17.5 Å². The minimum Gasteiger partial charge on any atom is -0.448 e. The topological polar surface area (TPSA) is 84.7 Å². The summed E-state index contributed by atoms with van der Waals surface area (Å²) in [6.07, 6.45) is -0.488. The highest BCUT2D eigenvalue weighted by atomic mass is 16.6. The molecule has 0 fully saturated rings. The molecule has 1 N–H and O–H groups in total. The lowest BCUT2D eigenvalue weighted by atomic mass is 10.3. The number of benzene rings is 1.